The van der Waals surface area contributed by atoms with Crippen LogP contribution in [0.25, 0.3) is 6.08 Å². The summed E-state index contributed by atoms with van der Waals surface area (Å²) in [4.78, 5) is 53.6. The molecule has 2 saturated heterocycles. The van der Waals surface area contributed by atoms with Gasteiger partial charge in [0, 0.05) is 18.8 Å². The summed E-state index contributed by atoms with van der Waals surface area (Å²) in [6.45, 7) is 7.08. The van der Waals surface area contributed by atoms with E-state index in [0.29, 0.717) is 48.4 Å². The first kappa shape index (κ1) is 28.2. The Kier molecular flexibility index (Phi) is 9.29. The van der Waals surface area contributed by atoms with E-state index < -0.39 is 11.1 Å². The van der Waals surface area contributed by atoms with Crippen molar-refractivity contribution >= 4 is 46.5 Å². The van der Waals surface area contributed by atoms with Crippen molar-refractivity contribution in [1.82, 2.24) is 9.80 Å². The highest BCUT2D eigenvalue weighted by Gasteiger charge is 2.37. The molecular weight excluding hydrogens is 518 g/mol. The topological polar surface area (TPSA) is 105 Å². The number of para-hydroxylation sites is 1. The lowest BCUT2D eigenvalue weighted by atomic mass is 9.99. The molecule has 2 aliphatic rings. The number of anilines is 1. The molecule has 2 fully saturated rings. The highest BCUT2D eigenvalue weighted by molar-refractivity contribution is 8.18. The lowest BCUT2D eigenvalue weighted by Crippen LogP contribution is -2.45. The number of carbonyl (C=O) groups is 4. The summed E-state index contributed by atoms with van der Waals surface area (Å²) in [6, 6.07) is 12.5. The van der Waals surface area contributed by atoms with Crippen LogP contribution in [0, 0.1) is 12.8 Å². The molecule has 4 rings (SSSR count). The molecule has 0 atom stereocenters. The van der Waals surface area contributed by atoms with Crippen LogP contribution in [0.15, 0.2) is 47.4 Å². The van der Waals surface area contributed by atoms with Gasteiger partial charge in [0.15, 0.2) is 18.1 Å². The molecule has 4 amide bonds. The molecule has 0 aromatic heterocycles. The highest BCUT2D eigenvalue weighted by atomic mass is 32.2. The number of ether oxygens (including phenoxy) is 2. The van der Waals surface area contributed by atoms with Gasteiger partial charge in [0.2, 0.25) is 5.91 Å². The Bertz CT molecular complexity index is 1290. The molecule has 0 spiro atoms. The third-order valence-electron chi connectivity index (χ3n) is 6.65. The maximum absolute atomic E-state index is 13.0. The van der Waals surface area contributed by atoms with Crippen molar-refractivity contribution in [2.45, 2.75) is 33.6 Å². The van der Waals surface area contributed by atoms with E-state index in [0.717, 1.165) is 35.1 Å². The molecule has 0 radical (unpaired) electrons. The Balaban J connectivity index is 1.40. The molecule has 0 saturated carbocycles. The van der Waals surface area contributed by atoms with Gasteiger partial charge in [-0.1, -0.05) is 31.2 Å². The number of imide groups is 1. The summed E-state index contributed by atoms with van der Waals surface area (Å²) in [5.74, 6) is 0.348. The maximum atomic E-state index is 13.0. The Morgan fingerprint density at radius 1 is 1.08 bits per heavy atom. The van der Waals surface area contributed by atoms with E-state index in [1.165, 1.54) is 0 Å². The molecule has 1 N–H and O–H groups in total. The zero-order valence-electron chi connectivity index (χ0n) is 22.4. The van der Waals surface area contributed by atoms with E-state index in [-0.39, 0.29) is 29.9 Å². The van der Waals surface area contributed by atoms with Crippen LogP contribution in [0.3, 0.4) is 0 Å². The van der Waals surface area contributed by atoms with Gasteiger partial charge in [0.05, 0.1) is 11.5 Å². The summed E-state index contributed by atoms with van der Waals surface area (Å²) in [6.07, 6.45) is 3.44. The van der Waals surface area contributed by atoms with Crippen molar-refractivity contribution in [2.24, 2.45) is 5.92 Å². The first-order valence-electron chi connectivity index (χ1n) is 13.0. The van der Waals surface area contributed by atoms with Crippen LogP contribution >= 0.6 is 11.8 Å². The fraction of sp³-hybridized carbons (Fsp3) is 0.379. The standard InChI is InChI=1S/C29H33N3O6S/c1-4-37-24-15-21(9-10-23(24)38-18-26(33)30-22-8-6-5-7-20(22)3)16-25-28(35)32(29(36)39-25)17-27(34)31-13-11-19(2)12-14-31/h5-10,15-16,19H,4,11-14,17-18H2,1-3H3,(H,30,33)/b25-16-. The number of aryl methyl sites for hydroxylation is 1. The van der Waals surface area contributed by atoms with E-state index in [2.05, 4.69) is 12.2 Å². The van der Waals surface area contributed by atoms with Crippen LogP contribution in [-0.4, -0.2) is 65.6 Å². The molecule has 2 aromatic rings. The molecule has 39 heavy (non-hydrogen) atoms. The summed E-state index contributed by atoms with van der Waals surface area (Å²) in [5.41, 5.74) is 2.28. The number of benzene rings is 2. The van der Waals surface area contributed by atoms with Crippen molar-refractivity contribution in [3.8, 4) is 11.5 Å². The number of hydrogen-bond donors (Lipinski definition) is 1. The van der Waals surface area contributed by atoms with Gasteiger partial charge < -0.3 is 19.7 Å². The Morgan fingerprint density at radius 3 is 2.54 bits per heavy atom. The minimum atomic E-state index is -0.491. The van der Waals surface area contributed by atoms with Gasteiger partial charge in [0.25, 0.3) is 17.1 Å². The number of carbonyl (C=O) groups excluding carboxylic acids is 4. The zero-order chi connectivity index (χ0) is 27.9. The molecule has 9 nitrogen and oxygen atoms in total. The van der Waals surface area contributed by atoms with Gasteiger partial charge in [-0.2, -0.15) is 0 Å². The number of piperidine rings is 1. The number of rotatable bonds is 9. The predicted molar refractivity (Wildman–Crippen MR) is 151 cm³/mol. The third kappa shape index (κ3) is 7.20. The largest absolute Gasteiger partial charge is 0.490 e. The molecule has 2 aromatic carbocycles. The first-order chi connectivity index (χ1) is 18.7. The average molecular weight is 552 g/mol. The molecular formula is C29H33N3O6S. The Labute approximate surface area is 232 Å². The Hall–Kier alpha value is -3.79. The van der Waals surface area contributed by atoms with E-state index in [1.807, 2.05) is 38.1 Å². The lowest BCUT2D eigenvalue weighted by molar-refractivity contribution is -0.136. The van der Waals surface area contributed by atoms with Gasteiger partial charge in [-0.05, 0) is 79.8 Å². The van der Waals surface area contributed by atoms with Gasteiger partial charge in [0.1, 0.15) is 6.54 Å². The van der Waals surface area contributed by atoms with E-state index in [9.17, 15) is 19.2 Å². The van der Waals surface area contributed by atoms with Gasteiger partial charge in [-0.15, -0.1) is 0 Å². The molecule has 10 heteroatoms. The lowest BCUT2D eigenvalue weighted by Gasteiger charge is -2.31. The number of thioether (sulfide) groups is 1. The second-order valence-corrected chi connectivity index (χ2v) is 10.6. The quantitative estimate of drug-likeness (QED) is 0.450. The minimum Gasteiger partial charge on any atom is -0.490 e. The van der Waals surface area contributed by atoms with E-state index in [1.54, 1.807) is 29.2 Å². The van der Waals surface area contributed by atoms with Crippen LogP contribution in [0.5, 0.6) is 11.5 Å². The minimum absolute atomic E-state index is 0.211. The van der Waals surface area contributed by atoms with Crippen LogP contribution in [0.2, 0.25) is 0 Å². The van der Waals surface area contributed by atoms with Crippen molar-refractivity contribution < 1.29 is 28.7 Å². The summed E-state index contributed by atoms with van der Waals surface area (Å²) in [5, 5.41) is 2.36. The SMILES string of the molecule is CCOc1cc(/C=C2\SC(=O)N(CC(=O)N3CCC(C)CC3)C2=O)ccc1OCC(=O)Nc1ccccc1C. The zero-order valence-corrected chi connectivity index (χ0v) is 23.2. The first-order valence-corrected chi connectivity index (χ1v) is 13.8. The smallest absolute Gasteiger partial charge is 0.294 e. The molecule has 0 aliphatic carbocycles. The van der Waals surface area contributed by atoms with Crippen LogP contribution in [0.1, 0.15) is 37.8 Å². The summed E-state index contributed by atoms with van der Waals surface area (Å²) >= 11 is 0.808. The molecule has 206 valence electrons. The number of likely N-dealkylation sites (tertiary alicyclic amines) is 1. The molecule has 0 bridgehead atoms. The van der Waals surface area contributed by atoms with Crippen LogP contribution in [0.4, 0.5) is 10.5 Å². The second kappa shape index (κ2) is 12.8. The second-order valence-electron chi connectivity index (χ2n) is 9.62. The normalized spacial score (nSPS) is 17.1. The maximum Gasteiger partial charge on any atom is 0.294 e. The van der Waals surface area contributed by atoms with E-state index in [4.69, 9.17) is 9.47 Å². The van der Waals surface area contributed by atoms with Crippen molar-refractivity contribution in [3.63, 3.8) is 0 Å². The summed E-state index contributed by atoms with van der Waals surface area (Å²) in [7, 11) is 0. The predicted octanol–water partition coefficient (Wildman–Crippen LogP) is 4.71. The highest BCUT2D eigenvalue weighted by Crippen LogP contribution is 2.35. The number of hydrogen-bond acceptors (Lipinski definition) is 7. The monoisotopic (exact) mass is 551 g/mol. The number of amides is 4. The van der Waals surface area contributed by atoms with Crippen molar-refractivity contribution in [2.75, 3.05) is 38.2 Å². The summed E-state index contributed by atoms with van der Waals surface area (Å²) < 4.78 is 11.4. The molecule has 2 aliphatic heterocycles. The van der Waals surface area contributed by atoms with Gasteiger partial charge in [-0.25, -0.2) is 0 Å². The van der Waals surface area contributed by atoms with Gasteiger partial charge in [-0.3, -0.25) is 24.1 Å². The fourth-order valence-corrected chi connectivity index (χ4v) is 5.16. The molecule has 0 unspecified atom stereocenters. The number of nitrogens with zero attached hydrogens (tertiary/aromatic N) is 2. The fourth-order valence-electron chi connectivity index (χ4n) is 4.33. The van der Waals surface area contributed by atoms with Crippen LogP contribution in [-0.2, 0) is 14.4 Å². The van der Waals surface area contributed by atoms with Gasteiger partial charge >= 0.3 is 0 Å². The third-order valence-corrected chi connectivity index (χ3v) is 7.55. The molecule has 2 heterocycles. The van der Waals surface area contributed by atoms with Crippen molar-refractivity contribution in [3.05, 3.63) is 58.5 Å². The Morgan fingerprint density at radius 2 is 1.82 bits per heavy atom. The average Bonchev–Trinajstić information content (AvgIpc) is 3.17. The van der Waals surface area contributed by atoms with Crippen molar-refractivity contribution in [1.29, 1.82) is 0 Å². The number of nitrogens with one attached hydrogen (secondary N) is 1. The van der Waals surface area contributed by atoms with Crippen LogP contribution < -0.4 is 14.8 Å². The van der Waals surface area contributed by atoms with E-state index >= 15 is 0 Å².